The number of nitrogens with one attached hydrogen (secondary N) is 1. The Labute approximate surface area is 172 Å². The Morgan fingerprint density at radius 2 is 1.86 bits per heavy atom. The van der Waals surface area contributed by atoms with Crippen molar-refractivity contribution in [2.24, 2.45) is 5.92 Å². The maximum Gasteiger partial charge on any atom is 0.252 e. The standard InChI is InChI=1S/C23H31N3O3/c1-3-20(22(28)24-2)21(27)23(29)26-14-12-25(13-15-26)19-11-7-10-18(16-19)17-8-5-4-6-9-17/h4-11,19-21,27H,3,12-16H2,1-2H3,(H,24,28)/t19?,20-,21-/m1/s1. The number of aliphatic hydroxyl groups excluding tert-OH is 1. The van der Waals surface area contributed by atoms with Crippen LogP contribution in [0.3, 0.4) is 0 Å². The van der Waals surface area contributed by atoms with Crippen molar-refractivity contribution < 1.29 is 14.7 Å². The molecule has 0 aromatic heterocycles. The highest BCUT2D eigenvalue weighted by Gasteiger charge is 2.35. The van der Waals surface area contributed by atoms with Gasteiger partial charge in [-0.2, -0.15) is 0 Å². The van der Waals surface area contributed by atoms with Crippen molar-refractivity contribution in [3.05, 3.63) is 54.1 Å². The maximum atomic E-state index is 12.7. The van der Waals surface area contributed by atoms with Gasteiger partial charge in [-0.05, 0) is 24.0 Å². The highest BCUT2D eigenvalue weighted by Crippen LogP contribution is 2.27. The van der Waals surface area contributed by atoms with Gasteiger partial charge in [-0.25, -0.2) is 0 Å². The lowest BCUT2D eigenvalue weighted by molar-refractivity contribution is -0.149. The Hall–Kier alpha value is -2.44. The summed E-state index contributed by atoms with van der Waals surface area (Å²) in [5.41, 5.74) is 2.57. The molecule has 1 unspecified atom stereocenters. The maximum absolute atomic E-state index is 12.7. The first-order valence-corrected chi connectivity index (χ1v) is 10.4. The second-order valence-electron chi connectivity index (χ2n) is 7.65. The third-order valence-electron chi connectivity index (χ3n) is 5.96. The lowest BCUT2D eigenvalue weighted by atomic mass is 9.93. The Bertz CT molecular complexity index is 767. The molecule has 0 saturated carbocycles. The van der Waals surface area contributed by atoms with Gasteiger partial charge < -0.3 is 15.3 Å². The average Bonchev–Trinajstić information content (AvgIpc) is 2.79. The predicted molar refractivity (Wildman–Crippen MR) is 114 cm³/mol. The first-order valence-electron chi connectivity index (χ1n) is 10.4. The van der Waals surface area contributed by atoms with Crippen molar-refractivity contribution in [2.45, 2.75) is 31.9 Å². The quantitative estimate of drug-likeness (QED) is 0.766. The van der Waals surface area contributed by atoms with E-state index in [-0.39, 0.29) is 11.8 Å². The van der Waals surface area contributed by atoms with Gasteiger partial charge in [0.1, 0.15) is 6.10 Å². The topological polar surface area (TPSA) is 72.9 Å². The number of aliphatic hydroxyl groups is 1. The van der Waals surface area contributed by atoms with Gasteiger partial charge >= 0.3 is 0 Å². The zero-order chi connectivity index (χ0) is 20.8. The number of carbonyl (C=O) groups is 2. The van der Waals surface area contributed by atoms with Crippen LogP contribution in [0.2, 0.25) is 0 Å². The van der Waals surface area contributed by atoms with Crippen LogP contribution in [0.1, 0.15) is 25.3 Å². The van der Waals surface area contributed by atoms with Crippen molar-refractivity contribution >= 4 is 17.4 Å². The van der Waals surface area contributed by atoms with Crippen LogP contribution in [0, 0.1) is 5.92 Å². The van der Waals surface area contributed by atoms with Crippen molar-refractivity contribution in [1.82, 2.24) is 15.1 Å². The van der Waals surface area contributed by atoms with E-state index in [1.807, 2.05) is 13.0 Å². The summed E-state index contributed by atoms with van der Waals surface area (Å²) >= 11 is 0. The Balaban J connectivity index is 1.55. The lowest BCUT2D eigenvalue weighted by Gasteiger charge is -2.40. The predicted octanol–water partition coefficient (Wildman–Crippen LogP) is 1.68. The van der Waals surface area contributed by atoms with E-state index >= 15 is 0 Å². The normalized spacial score (nSPS) is 22.0. The van der Waals surface area contributed by atoms with E-state index in [2.05, 4.69) is 52.7 Å². The molecule has 1 fully saturated rings. The number of nitrogens with zero attached hydrogens (tertiary/aromatic N) is 2. The van der Waals surface area contributed by atoms with Gasteiger partial charge in [0, 0.05) is 39.3 Å². The number of allylic oxidation sites excluding steroid dienone is 2. The molecule has 29 heavy (non-hydrogen) atoms. The molecule has 3 atom stereocenters. The molecule has 0 bridgehead atoms. The summed E-state index contributed by atoms with van der Waals surface area (Å²) < 4.78 is 0. The van der Waals surface area contributed by atoms with Crippen LogP contribution in [0.25, 0.3) is 5.57 Å². The molecule has 1 aliphatic heterocycles. The zero-order valence-electron chi connectivity index (χ0n) is 17.3. The molecule has 6 nitrogen and oxygen atoms in total. The monoisotopic (exact) mass is 397 g/mol. The summed E-state index contributed by atoms with van der Waals surface area (Å²) in [5.74, 6) is -1.34. The summed E-state index contributed by atoms with van der Waals surface area (Å²) in [5, 5.41) is 13.0. The van der Waals surface area contributed by atoms with E-state index in [1.165, 1.54) is 18.2 Å². The lowest BCUT2D eigenvalue weighted by Crippen LogP contribution is -2.55. The van der Waals surface area contributed by atoms with Crippen LogP contribution in [-0.2, 0) is 9.59 Å². The third kappa shape index (κ3) is 4.95. The first-order chi connectivity index (χ1) is 14.0. The molecule has 1 saturated heterocycles. The number of rotatable bonds is 6. The molecule has 0 radical (unpaired) electrons. The van der Waals surface area contributed by atoms with Gasteiger partial charge in [0.15, 0.2) is 0 Å². The Morgan fingerprint density at radius 3 is 2.48 bits per heavy atom. The molecule has 3 rings (SSSR count). The van der Waals surface area contributed by atoms with Crippen LogP contribution in [0.5, 0.6) is 0 Å². The van der Waals surface area contributed by atoms with Crippen LogP contribution in [0.15, 0.2) is 48.6 Å². The van der Waals surface area contributed by atoms with Crippen LogP contribution in [0.4, 0.5) is 0 Å². The van der Waals surface area contributed by atoms with E-state index in [1.54, 1.807) is 4.90 Å². The molecule has 0 spiro atoms. The molecule has 2 amide bonds. The van der Waals surface area contributed by atoms with Gasteiger partial charge in [-0.15, -0.1) is 0 Å². The molecular formula is C23H31N3O3. The summed E-state index contributed by atoms with van der Waals surface area (Å²) in [6.07, 6.45) is 6.60. The van der Waals surface area contributed by atoms with Gasteiger partial charge in [0.25, 0.3) is 5.91 Å². The van der Waals surface area contributed by atoms with E-state index in [4.69, 9.17) is 0 Å². The molecule has 6 heteroatoms. The minimum absolute atomic E-state index is 0.292. The molecule has 1 aromatic rings. The van der Waals surface area contributed by atoms with Gasteiger partial charge in [0.2, 0.25) is 5.91 Å². The number of hydrogen-bond acceptors (Lipinski definition) is 4. The number of amides is 2. The smallest absolute Gasteiger partial charge is 0.252 e. The fraction of sp³-hybridized carbons (Fsp3) is 0.478. The summed E-state index contributed by atoms with van der Waals surface area (Å²) in [6.45, 7) is 4.45. The van der Waals surface area contributed by atoms with Crippen LogP contribution in [-0.4, -0.2) is 72.1 Å². The number of carbonyl (C=O) groups excluding carboxylic acids is 2. The fourth-order valence-electron chi connectivity index (χ4n) is 4.15. The summed E-state index contributed by atoms with van der Waals surface area (Å²) in [6, 6.07) is 10.7. The first kappa shape index (κ1) is 21.3. The van der Waals surface area contributed by atoms with Crippen LogP contribution >= 0.6 is 0 Å². The largest absolute Gasteiger partial charge is 0.382 e. The SMILES string of the molecule is CC[C@@H](C(=O)NC)[C@@H](O)C(=O)N1CCN(C2C=CC=C(c3ccccc3)C2)CC1. The minimum atomic E-state index is -1.28. The summed E-state index contributed by atoms with van der Waals surface area (Å²) in [4.78, 5) is 28.7. The van der Waals surface area contributed by atoms with Crippen molar-refractivity contribution in [3.63, 3.8) is 0 Å². The van der Waals surface area contributed by atoms with Crippen molar-refractivity contribution in [2.75, 3.05) is 33.2 Å². The number of benzene rings is 1. The van der Waals surface area contributed by atoms with E-state index in [9.17, 15) is 14.7 Å². The van der Waals surface area contributed by atoms with Crippen LogP contribution < -0.4 is 5.32 Å². The number of piperazine rings is 1. The molecule has 156 valence electrons. The molecule has 1 aromatic carbocycles. The van der Waals surface area contributed by atoms with Crippen molar-refractivity contribution in [1.29, 1.82) is 0 Å². The number of hydrogen-bond donors (Lipinski definition) is 2. The highest BCUT2D eigenvalue weighted by molar-refractivity contribution is 5.89. The Kier molecular flexibility index (Phi) is 7.23. The minimum Gasteiger partial charge on any atom is -0.382 e. The molecule has 1 heterocycles. The molecule has 2 aliphatic rings. The Morgan fingerprint density at radius 1 is 1.17 bits per heavy atom. The second kappa shape index (κ2) is 9.85. The molecule has 1 aliphatic carbocycles. The van der Waals surface area contributed by atoms with E-state index in [0.29, 0.717) is 25.6 Å². The van der Waals surface area contributed by atoms with Gasteiger partial charge in [0.05, 0.1) is 5.92 Å². The van der Waals surface area contributed by atoms with Crippen molar-refractivity contribution in [3.8, 4) is 0 Å². The third-order valence-corrected chi connectivity index (χ3v) is 5.96. The summed E-state index contributed by atoms with van der Waals surface area (Å²) in [7, 11) is 1.52. The molecule has 2 N–H and O–H groups in total. The second-order valence-corrected chi connectivity index (χ2v) is 7.65. The van der Waals surface area contributed by atoms with E-state index < -0.39 is 12.0 Å². The highest BCUT2D eigenvalue weighted by atomic mass is 16.3. The average molecular weight is 398 g/mol. The molecular weight excluding hydrogens is 366 g/mol. The van der Waals surface area contributed by atoms with Gasteiger partial charge in [-0.3, -0.25) is 14.5 Å². The van der Waals surface area contributed by atoms with E-state index in [0.717, 1.165) is 19.5 Å². The fourth-order valence-corrected chi connectivity index (χ4v) is 4.15. The van der Waals surface area contributed by atoms with Gasteiger partial charge in [-0.1, -0.05) is 55.5 Å². The zero-order valence-corrected chi connectivity index (χ0v) is 17.3.